The number of amides is 1. The molecule has 1 atom stereocenters. The molecule has 1 aromatic carbocycles. The van der Waals surface area contributed by atoms with Crippen molar-refractivity contribution in [1.82, 2.24) is 29.6 Å². The van der Waals surface area contributed by atoms with E-state index in [1.54, 1.807) is 9.20 Å². The average molecular weight is 373 g/mol. The van der Waals surface area contributed by atoms with Crippen LogP contribution in [0.1, 0.15) is 40.3 Å². The van der Waals surface area contributed by atoms with E-state index < -0.39 is 0 Å². The molecule has 5 rings (SSSR count). The fourth-order valence-electron chi connectivity index (χ4n) is 3.81. The van der Waals surface area contributed by atoms with Gasteiger partial charge in [-0.2, -0.15) is 14.3 Å². The maximum absolute atomic E-state index is 12.5. The Hall–Kier alpha value is -3.55. The molecule has 1 unspecified atom stereocenters. The third kappa shape index (κ3) is 2.49. The van der Waals surface area contributed by atoms with Crippen LogP contribution in [0.3, 0.4) is 0 Å². The number of nitrogens with zero attached hydrogens (tertiary/aromatic N) is 6. The molecule has 0 fully saturated rings. The monoisotopic (exact) mass is 373 g/mol. The van der Waals surface area contributed by atoms with Crippen molar-refractivity contribution in [1.29, 1.82) is 0 Å². The molecule has 1 aliphatic heterocycles. The standard InChI is InChI=1S/C20H19N7O/c1-11-4-5-14(8-12(11)2)15-9-18(28)22-20-19(15)13(3)24-27(20)17-7-6-16-23-21-10-26(16)25-17/h4-8,10,15H,9H2,1-3H3,(H,22,28). The summed E-state index contributed by atoms with van der Waals surface area (Å²) in [6.45, 7) is 6.16. The van der Waals surface area contributed by atoms with Gasteiger partial charge in [-0.25, -0.2) is 0 Å². The highest BCUT2D eigenvalue weighted by Crippen LogP contribution is 2.40. The van der Waals surface area contributed by atoms with Crippen molar-refractivity contribution < 1.29 is 4.79 Å². The number of anilines is 1. The Morgan fingerprint density at radius 3 is 2.75 bits per heavy atom. The molecule has 0 saturated carbocycles. The summed E-state index contributed by atoms with van der Waals surface area (Å²) in [6.07, 6.45) is 1.94. The van der Waals surface area contributed by atoms with Crippen LogP contribution >= 0.6 is 0 Å². The molecular formula is C20H19N7O. The van der Waals surface area contributed by atoms with E-state index in [2.05, 4.69) is 57.8 Å². The molecule has 1 amide bonds. The zero-order valence-electron chi connectivity index (χ0n) is 15.8. The van der Waals surface area contributed by atoms with Crippen LogP contribution in [0.15, 0.2) is 36.7 Å². The molecule has 0 bridgehead atoms. The summed E-state index contributed by atoms with van der Waals surface area (Å²) in [7, 11) is 0. The van der Waals surface area contributed by atoms with Gasteiger partial charge in [-0.3, -0.25) is 4.79 Å². The lowest BCUT2D eigenvalue weighted by Gasteiger charge is -2.24. The van der Waals surface area contributed by atoms with Gasteiger partial charge in [0.2, 0.25) is 5.91 Å². The summed E-state index contributed by atoms with van der Waals surface area (Å²) in [5.41, 5.74) is 6.15. The highest BCUT2D eigenvalue weighted by molar-refractivity contribution is 5.95. The van der Waals surface area contributed by atoms with Gasteiger partial charge in [0.1, 0.15) is 12.1 Å². The van der Waals surface area contributed by atoms with E-state index in [9.17, 15) is 4.79 Å². The molecule has 140 valence electrons. The lowest BCUT2D eigenvalue weighted by Crippen LogP contribution is -2.25. The molecule has 4 heterocycles. The van der Waals surface area contributed by atoms with E-state index >= 15 is 0 Å². The average Bonchev–Trinajstić information content (AvgIpc) is 3.27. The molecule has 3 aromatic heterocycles. The summed E-state index contributed by atoms with van der Waals surface area (Å²) < 4.78 is 3.28. The molecule has 1 N–H and O–H groups in total. The van der Waals surface area contributed by atoms with Gasteiger partial charge in [-0.15, -0.1) is 15.3 Å². The van der Waals surface area contributed by atoms with Gasteiger partial charge in [0.15, 0.2) is 11.5 Å². The van der Waals surface area contributed by atoms with Crippen molar-refractivity contribution in [2.75, 3.05) is 5.32 Å². The molecule has 0 saturated heterocycles. The van der Waals surface area contributed by atoms with Gasteiger partial charge in [0.05, 0.1) is 5.69 Å². The molecule has 0 aliphatic carbocycles. The maximum atomic E-state index is 12.5. The van der Waals surface area contributed by atoms with Gasteiger partial charge >= 0.3 is 0 Å². The number of carbonyl (C=O) groups is 1. The van der Waals surface area contributed by atoms with Crippen molar-refractivity contribution in [2.45, 2.75) is 33.1 Å². The summed E-state index contributed by atoms with van der Waals surface area (Å²) in [6, 6.07) is 10.0. The van der Waals surface area contributed by atoms with E-state index in [0.717, 1.165) is 16.8 Å². The van der Waals surface area contributed by atoms with Crippen molar-refractivity contribution in [3.05, 3.63) is 64.6 Å². The zero-order valence-corrected chi connectivity index (χ0v) is 15.8. The summed E-state index contributed by atoms with van der Waals surface area (Å²) >= 11 is 0. The fourth-order valence-corrected chi connectivity index (χ4v) is 3.81. The third-order valence-electron chi connectivity index (χ3n) is 5.40. The van der Waals surface area contributed by atoms with Crippen LogP contribution in [0.25, 0.3) is 11.5 Å². The maximum Gasteiger partial charge on any atom is 0.226 e. The normalized spacial score (nSPS) is 16.2. The fraction of sp³-hybridized carbons (Fsp3) is 0.250. The van der Waals surface area contributed by atoms with E-state index in [0.29, 0.717) is 23.7 Å². The van der Waals surface area contributed by atoms with Crippen LogP contribution in [-0.2, 0) is 4.79 Å². The van der Waals surface area contributed by atoms with Gasteiger partial charge in [-0.1, -0.05) is 18.2 Å². The van der Waals surface area contributed by atoms with E-state index in [-0.39, 0.29) is 11.8 Å². The Balaban J connectivity index is 1.67. The largest absolute Gasteiger partial charge is 0.310 e. The Morgan fingerprint density at radius 2 is 1.93 bits per heavy atom. The van der Waals surface area contributed by atoms with Crippen LogP contribution in [0.2, 0.25) is 0 Å². The molecule has 0 radical (unpaired) electrons. The molecule has 8 heteroatoms. The van der Waals surface area contributed by atoms with Crippen molar-refractivity contribution in [3.8, 4) is 5.82 Å². The van der Waals surface area contributed by atoms with E-state index in [4.69, 9.17) is 0 Å². The quantitative estimate of drug-likeness (QED) is 0.583. The predicted octanol–water partition coefficient (Wildman–Crippen LogP) is 2.71. The Morgan fingerprint density at radius 1 is 1.07 bits per heavy atom. The van der Waals surface area contributed by atoms with Crippen LogP contribution in [0.4, 0.5) is 5.82 Å². The summed E-state index contributed by atoms with van der Waals surface area (Å²) in [4.78, 5) is 12.5. The lowest BCUT2D eigenvalue weighted by atomic mass is 9.84. The number of fused-ring (bicyclic) bond motifs is 2. The van der Waals surface area contributed by atoms with Crippen molar-refractivity contribution in [3.63, 3.8) is 0 Å². The first kappa shape index (κ1) is 16.6. The SMILES string of the molecule is Cc1ccc(C2CC(=O)Nc3c2c(C)nn3-c2ccc3nncn3n2)cc1C. The van der Waals surface area contributed by atoms with Crippen LogP contribution in [0, 0.1) is 20.8 Å². The summed E-state index contributed by atoms with van der Waals surface area (Å²) in [5.74, 6) is 1.22. The molecule has 8 nitrogen and oxygen atoms in total. The number of rotatable bonds is 2. The lowest BCUT2D eigenvalue weighted by molar-refractivity contribution is -0.116. The Labute approximate surface area is 161 Å². The van der Waals surface area contributed by atoms with Crippen molar-refractivity contribution in [2.24, 2.45) is 0 Å². The number of aromatic nitrogens is 6. The van der Waals surface area contributed by atoms with Crippen molar-refractivity contribution >= 4 is 17.4 Å². The number of hydrogen-bond acceptors (Lipinski definition) is 5. The first-order valence-electron chi connectivity index (χ1n) is 9.15. The van der Waals surface area contributed by atoms with E-state index in [1.807, 2.05) is 19.1 Å². The number of carbonyl (C=O) groups excluding carboxylic acids is 1. The molecule has 28 heavy (non-hydrogen) atoms. The molecule has 4 aromatic rings. The number of aryl methyl sites for hydroxylation is 3. The van der Waals surface area contributed by atoms with Crippen LogP contribution in [0.5, 0.6) is 0 Å². The van der Waals surface area contributed by atoms with Crippen LogP contribution < -0.4 is 5.32 Å². The second-order valence-electron chi connectivity index (χ2n) is 7.23. The first-order valence-corrected chi connectivity index (χ1v) is 9.15. The zero-order chi connectivity index (χ0) is 19.4. The third-order valence-corrected chi connectivity index (χ3v) is 5.40. The Bertz CT molecular complexity index is 1240. The van der Waals surface area contributed by atoms with Gasteiger partial charge < -0.3 is 5.32 Å². The van der Waals surface area contributed by atoms with Crippen LogP contribution in [-0.4, -0.2) is 35.5 Å². The number of nitrogens with one attached hydrogen (secondary N) is 1. The Kier molecular flexibility index (Phi) is 3.55. The smallest absolute Gasteiger partial charge is 0.226 e. The predicted molar refractivity (Wildman–Crippen MR) is 104 cm³/mol. The minimum Gasteiger partial charge on any atom is -0.310 e. The van der Waals surface area contributed by atoms with Gasteiger partial charge in [0.25, 0.3) is 0 Å². The minimum absolute atomic E-state index is 0.0257. The van der Waals surface area contributed by atoms with Gasteiger partial charge in [0, 0.05) is 17.9 Å². The second kappa shape index (κ2) is 5.98. The van der Waals surface area contributed by atoms with Gasteiger partial charge in [-0.05, 0) is 49.6 Å². The highest BCUT2D eigenvalue weighted by atomic mass is 16.1. The second-order valence-corrected chi connectivity index (χ2v) is 7.23. The van der Waals surface area contributed by atoms with E-state index in [1.165, 1.54) is 17.5 Å². The molecular weight excluding hydrogens is 354 g/mol. The number of hydrogen-bond donors (Lipinski definition) is 1. The minimum atomic E-state index is -0.0320. The number of benzene rings is 1. The summed E-state index contributed by atoms with van der Waals surface area (Å²) in [5, 5.41) is 20.0. The highest BCUT2D eigenvalue weighted by Gasteiger charge is 2.33. The molecule has 0 spiro atoms. The topological polar surface area (TPSA) is 90.0 Å². The first-order chi connectivity index (χ1) is 13.5. The molecule has 1 aliphatic rings.